The molecular weight excluding hydrogens is 208 g/mol. The molecule has 0 aliphatic carbocycles. The molecule has 0 radical (unpaired) electrons. The molecular formula is C15H30N2. The smallest absolute Gasteiger partial charge is 0.0125 e. The minimum absolute atomic E-state index is 0.790. The highest BCUT2D eigenvalue weighted by Gasteiger charge is 2.40. The third kappa shape index (κ3) is 2.53. The average molecular weight is 238 g/mol. The number of hydrogen-bond acceptors (Lipinski definition) is 2. The van der Waals surface area contributed by atoms with Gasteiger partial charge in [-0.25, -0.2) is 0 Å². The molecule has 0 bridgehead atoms. The Labute approximate surface area is 107 Å². The van der Waals surface area contributed by atoms with Gasteiger partial charge in [-0.1, -0.05) is 27.7 Å². The summed E-state index contributed by atoms with van der Waals surface area (Å²) in [5, 5.41) is 3.77. The van der Waals surface area contributed by atoms with Crippen molar-refractivity contribution in [2.24, 2.45) is 17.8 Å². The molecule has 0 aromatic carbocycles. The summed E-state index contributed by atoms with van der Waals surface area (Å²) in [6.45, 7) is 13.4. The van der Waals surface area contributed by atoms with Crippen LogP contribution in [0.1, 0.15) is 47.0 Å². The predicted octanol–water partition coefficient (Wildman–Crippen LogP) is 2.74. The fourth-order valence-electron chi connectivity index (χ4n) is 4.32. The van der Waals surface area contributed by atoms with Gasteiger partial charge < -0.3 is 10.2 Å². The first-order valence-corrected chi connectivity index (χ1v) is 7.66. The first-order chi connectivity index (χ1) is 8.19. The average Bonchev–Trinajstić information content (AvgIpc) is 2.75. The Balaban J connectivity index is 2.05. The summed E-state index contributed by atoms with van der Waals surface area (Å²) in [5.41, 5.74) is 0. The second-order valence-electron chi connectivity index (χ2n) is 6.16. The lowest BCUT2D eigenvalue weighted by Crippen LogP contribution is -2.52. The number of rotatable bonds is 3. The van der Waals surface area contributed by atoms with Gasteiger partial charge in [0.2, 0.25) is 0 Å². The lowest BCUT2D eigenvalue weighted by Gasteiger charge is -2.46. The molecule has 0 aromatic rings. The Bertz CT molecular complexity index is 241. The monoisotopic (exact) mass is 238 g/mol. The molecule has 2 aliphatic heterocycles. The van der Waals surface area contributed by atoms with Crippen LogP contribution in [0.15, 0.2) is 0 Å². The van der Waals surface area contributed by atoms with Crippen molar-refractivity contribution in [2.75, 3.05) is 19.6 Å². The molecule has 0 aromatic heterocycles. The van der Waals surface area contributed by atoms with Crippen LogP contribution in [0.4, 0.5) is 0 Å². The third-order valence-corrected chi connectivity index (χ3v) is 5.38. The first kappa shape index (κ1) is 13.4. The molecule has 3 unspecified atom stereocenters. The van der Waals surface area contributed by atoms with Crippen LogP contribution in [0, 0.1) is 17.8 Å². The first-order valence-electron chi connectivity index (χ1n) is 7.66. The molecule has 2 aliphatic rings. The van der Waals surface area contributed by atoms with Gasteiger partial charge in [-0.05, 0) is 56.7 Å². The summed E-state index contributed by atoms with van der Waals surface area (Å²) in [6.07, 6.45) is 4.09. The van der Waals surface area contributed by atoms with Crippen LogP contribution in [0.5, 0.6) is 0 Å². The molecule has 0 saturated carbocycles. The van der Waals surface area contributed by atoms with Gasteiger partial charge in [0.05, 0.1) is 0 Å². The van der Waals surface area contributed by atoms with Gasteiger partial charge in [0.25, 0.3) is 0 Å². The Kier molecular flexibility index (Phi) is 4.48. The topological polar surface area (TPSA) is 15.3 Å². The predicted molar refractivity (Wildman–Crippen MR) is 74.2 cm³/mol. The molecule has 2 heteroatoms. The van der Waals surface area contributed by atoms with E-state index in [9.17, 15) is 0 Å². The van der Waals surface area contributed by atoms with E-state index in [4.69, 9.17) is 0 Å². The summed E-state index contributed by atoms with van der Waals surface area (Å²) in [6, 6.07) is 1.60. The van der Waals surface area contributed by atoms with Crippen LogP contribution >= 0.6 is 0 Å². The van der Waals surface area contributed by atoms with E-state index in [2.05, 4.69) is 37.9 Å². The molecule has 2 heterocycles. The second kappa shape index (κ2) is 5.71. The second-order valence-corrected chi connectivity index (χ2v) is 6.16. The van der Waals surface area contributed by atoms with Gasteiger partial charge in [-0.15, -0.1) is 0 Å². The zero-order valence-corrected chi connectivity index (χ0v) is 12.1. The molecule has 0 spiro atoms. The summed E-state index contributed by atoms with van der Waals surface area (Å²) >= 11 is 0. The third-order valence-electron chi connectivity index (χ3n) is 5.38. The van der Waals surface area contributed by atoms with Crippen molar-refractivity contribution >= 4 is 0 Å². The van der Waals surface area contributed by atoms with E-state index in [0.29, 0.717) is 0 Å². The highest BCUT2D eigenvalue weighted by Crippen LogP contribution is 2.36. The van der Waals surface area contributed by atoms with E-state index in [1.54, 1.807) is 0 Å². The molecule has 1 N–H and O–H groups in total. The highest BCUT2D eigenvalue weighted by atomic mass is 15.2. The minimum Gasteiger partial charge on any atom is -0.313 e. The van der Waals surface area contributed by atoms with Gasteiger partial charge in [-0.2, -0.15) is 0 Å². The zero-order chi connectivity index (χ0) is 12.4. The van der Waals surface area contributed by atoms with Crippen LogP contribution in [0.3, 0.4) is 0 Å². The maximum Gasteiger partial charge on any atom is 0.0125 e. The van der Waals surface area contributed by atoms with E-state index in [0.717, 1.165) is 29.8 Å². The van der Waals surface area contributed by atoms with Crippen molar-refractivity contribution in [2.45, 2.75) is 59.0 Å². The van der Waals surface area contributed by atoms with E-state index in [1.165, 1.54) is 38.9 Å². The number of nitrogens with zero attached hydrogens (tertiary/aromatic N) is 1. The molecule has 2 saturated heterocycles. The van der Waals surface area contributed by atoms with Crippen LogP contribution in [-0.4, -0.2) is 36.6 Å². The Hall–Kier alpha value is -0.0800. The number of piperidine rings is 1. The van der Waals surface area contributed by atoms with Crippen molar-refractivity contribution in [3.05, 3.63) is 0 Å². The van der Waals surface area contributed by atoms with Crippen LogP contribution < -0.4 is 5.32 Å². The molecule has 2 nitrogen and oxygen atoms in total. The highest BCUT2D eigenvalue weighted by molar-refractivity contribution is 4.95. The minimum atomic E-state index is 0.790. The summed E-state index contributed by atoms with van der Waals surface area (Å²) in [7, 11) is 0. The lowest BCUT2D eigenvalue weighted by molar-refractivity contribution is 0.0385. The summed E-state index contributed by atoms with van der Waals surface area (Å²) in [5.74, 6) is 2.64. The van der Waals surface area contributed by atoms with Gasteiger partial charge in [0.15, 0.2) is 0 Å². The fraction of sp³-hybridized carbons (Fsp3) is 1.00. The lowest BCUT2D eigenvalue weighted by atomic mass is 9.73. The van der Waals surface area contributed by atoms with Crippen LogP contribution in [0.2, 0.25) is 0 Å². The fourth-order valence-corrected chi connectivity index (χ4v) is 4.32. The van der Waals surface area contributed by atoms with Crippen LogP contribution in [0.25, 0.3) is 0 Å². The quantitative estimate of drug-likeness (QED) is 0.813. The number of nitrogens with one attached hydrogen (secondary N) is 1. The largest absolute Gasteiger partial charge is 0.313 e. The molecule has 100 valence electrons. The number of hydrogen-bond donors (Lipinski definition) is 1. The van der Waals surface area contributed by atoms with Crippen molar-refractivity contribution in [3.8, 4) is 0 Å². The molecule has 2 fully saturated rings. The van der Waals surface area contributed by atoms with E-state index in [-0.39, 0.29) is 0 Å². The van der Waals surface area contributed by atoms with Gasteiger partial charge in [0.1, 0.15) is 0 Å². The summed E-state index contributed by atoms with van der Waals surface area (Å²) < 4.78 is 0. The summed E-state index contributed by atoms with van der Waals surface area (Å²) in [4.78, 5) is 2.70. The maximum absolute atomic E-state index is 3.77. The molecule has 5 atom stereocenters. The van der Waals surface area contributed by atoms with E-state index < -0.39 is 0 Å². The van der Waals surface area contributed by atoms with Gasteiger partial charge >= 0.3 is 0 Å². The molecule has 0 amide bonds. The Morgan fingerprint density at radius 3 is 2.47 bits per heavy atom. The molecule has 2 rings (SSSR count). The van der Waals surface area contributed by atoms with Crippen molar-refractivity contribution in [3.63, 3.8) is 0 Å². The normalized spacial score (nSPS) is 44.1. The Morgan fingerprint density at radius 1 is 1.18 bits per heavy atom. The SMILES string of the molecule is CC[C@@H]1[C@@H](C)C(C2NCCC2C)CCN1CC. The number of likely N-dealkylation sites (tertiary alicyclic amines) is 1. The maximum atomic E-state index is 3.77. The van der Waals surface area contributed by atoms with Crippen LogP contribution in [-0.2, 0) is 0 Å². The van der Waals surface area contributed by atoms with E-state index in [1.807, 2.05) is 0 Å². The van der Waals surface area contributed by atoms with Gasteiger partial charge in [0, 0.05) is 12.1 Å². The zero-order valence-electron chi connectivity index (χ0n) is 12.1. The Morgan fingerprint density at radius 2 is 1.94 bits per heavy atom. The standard InChI is InChI=1S/C15H30N2/c1-5-14-12(4)13(8-10-17(14)6-2)15-11(3)7-9-16-15/h11-16H,5-10H2,1-4H3/t11?,12-,13?,14+,15?/m0/s1. The van der Waals surface area contributed by atoms with E-state index >= 15 is 0 Å². The molecule has 17 heavy (non-hydrogen) atoms. The van der Waals surface area contributed by atoms with Crippen molar-refractivity contribution < 1.29 is 0 Å². The van der Waals surface area contributed by atoms with Gasteiger partial charge in [-0.3, -0.25) is 0 Å². The van der Waals surface area contributed by atoms with Crippen molar-refractivity contribution in [1.82, 2.24) is 10.2 Å². The van der Waals surface area contributed by atoms with Crippen molar-refractivity contribution in [1.29, 1.82) is 0 Å².